The Kier molecular flexibility index (Phi) is 2.63. The monoisotopic (exact) mass is 266 g/mol. The summed E-state index contributed by atoms with van der Waals surface area (Å²) in [6.45, 7) is 0.276. The molecule has 0 aliphatic carbocycles. The summed E-state index contributed by atoms with van der Waals surface area (Å²) >= 11 is 3.39. The number of nitrogens with two attached hydrogens (primary N) is 1. The Bertz CT molecular complexity index is 575. The molecule has 0 atom stereocenters. The first kappa shape index (κ1) is 10.4. The molecule has 0 radical (unpaired) electrons. The molecule has 1 aromatic carbocycles. The minimum absolute atomic E-state index is 0.0249. The molecule has 78 valence electrons. The second-order valence-corrected chi connectivity index (χ2v) is 4.36. The van der Waals surface area contributed by atoms with Crippen molar-refractivity contribution < 1.29 is 0 Å². The first-order chi connectivity index (χ1) is 7.13. The second kappa shape index (κ2) is 3.79. The predicted octanol–water partition coefficient (Wildman–Crippen LogP) is 1.76. The number of hydrogen-bond acceptors (Lipinski definition) is 2. The molecule has 0 bridgehead atoms. The van der Waals surface area contributed by atoms with Crippen LogP contribution in [0.4, 0.5) is 0 Å². The van der Waals surface area contributed by atoms with E-state index >= 15 is 0 Å². The molecule has 1 heterocycles. The maximum absolute atomic E-state index is 11.8. The van der Waals surface area contributed by atoms with Crippen molar-refractivity contribution in [2.45, 2.75) is 6.54 Å². The van der Waals surface area contributed by atoms with Gasteiger partial charge in [0, 0.05) is 23.6 Å². The molecule has 4 heteroatoms. The number of aromatic nitrogens is 1. The van der Waals surface area contributed by atoms with E-state index in [1.165, 1.54) is 0 Å². The molecule has 2 rings (SSSR count). The third-order valence-electron chi connectivity index (χ3n) is 2.48. The summed E-state index contributed by atoms with van der Waals surface area (Å²) in [5.74, 6) is 0. The number of hydrogen-bond donors (Lipinski definition) is 1. The van der Waals surface area contributed by atoms with E-state index in [2.05, 4.69) is 15.9 Å². The van der Waals surface area contributed by atoms with Crippen molar-refractivity contribution in [3.05, 3.63) is 44.7 Å². The van der Waals surface area contributed by atoms with E-state index in [1.807, 2.05) is 24.3 Å². The lowest BCUT2D eigenvalue weighted by Crippen LogP contribution is -2.23. The normalized spacial score (nSPS) is 10.9. The Morgan fingerprint density at radius 2 is 2.13 bits per heavy atom. The van der Waals surface area contributed by atoms with Gasteiger partial charge >= 0.3 is 0 Å². The van der Waals surface area contributed by atoms with Crippen LogP contribution in [-0.4, -0.2) is 4.57 Å². The summed E-state index contributed by atoms with van der Waals surface area (Å²) in [6, 6.07) is 7.70. The van der Waals surface area contributed by atoms with E-state index in [4.69, 9.17) is 5.73 Å². The topological polar surface area (TPSA) is 48.0 Å². The molecule has 0 fully saturated rings. The summed E-state index contributed by atoms with van der Waals surface area (Å²) in [7, 11) is 1.76. The lowest BCUT2D eigenvalue weighted by molar-refractivity contribution is 0.869. The van der Waals surface area contributed by atoms with Crippen LogP contribution in [0.1, 0.15) is 5.56 Å². The van der Waals surface area contributed by atoms with Crippen molar-refractivity contribution in [1.29, 1.82) is 0 Å². The van der Waals surface area contributed by atoms with Gasteiger partial charge in [-0.1, -0.05) is 22.0 Å². The van der Waals surface area contributed by atoms with Crippen LogP contribution in [0.15, 0.2) is 33.5 Å². The molecule has 2 N–H and O–H groups in total. The van der Waals surface area contributed by atoms with Crippen LogP contribution >= 0.6 is 15.9 Å². The van der Waals surface area contributed by atoms with Gasteiger partial charge in [0.25, 0.3) is 5.56 Å². The van der Waals surface area contributed by atoms with E-state index in [0.717, 1.165) is 15.4 Å². The van der Waals surface area contributed by atoms with Gasteiger partial charge in [0.1, 0.15) is 0 Å². The summed E-state index contributed by atoms with van der Waals surface area (Å²) < 4.78 is 2.59. The number of pyridine rings is 1. The number of benzene rings is 1. The molecule has 0 saturated carbocycles. The maximum Gasteiger partial charge on any atom is 0.255 e. The number of rotatable bonds is 1. The van der Waals surface area contributed by atoms with Crippen molar-refractivity contribution in [2.24, 2.45) is 12.8 Å². The largest absolute Gasteiger partial charge is 0.326 e. The Labute approximate surface area is 95.6 Å². The lowest BCUT2D eigenvalue weighted by Gasteiger charge is -2.07. The average Bonchev–Trinajstić information content (AvgIpc) is 2.24. The minimum Gasteiger partial charge on any atom is -0.326 e. The molecule has 0 aliphatic rings. The van der Waals surface area contributed by atoms with Crippen LogP contribution in [0.25, 0.3) is 10.9 Å². The fourth-order valence-electron chi connectivity index (χ4n) is 1.65. The van der Waals surface area contributed by atoms with Gasteiger partial charge in [0.05, 0.1) is 5.52 Å². The van der Waals surface area contributed by atoms with Gasteiger partial charge in [-0.25, -0.2) is 0 Å². The third kappa shape index (κ3) is 1.70. The van der Waals surface area contributed by atoms with Crippen molar-refractivity contribution in [3.63, 3.8) is 0 Å². The molecular weight excluding hydrogens is 256 g/mol. The number of halogens is 1. The molecule has 3 nitrogen and oxygen atoms in total. The second-order valence-electron chi connectivity index (χ2n) is 3.44. The summed E-state index contributed by atoms with van der Waals surface area (Å²) in [4.78, 5) is 11.8. The van der Waals surface area contributed by atoms with Crippen LogP contribution in [0.3, 0.4) is 0 Å². The van der Waals surface area contributed by atoms with Crippen molar-refractivity contribution >= 4 is 26.8 Å². The van der Waals surface area contributed by atoms with Crippen molar-refractivity contribution in [2.75, 3.05) is 0 Å². The smallest absolute Gasteiger partial charge is 0.255 e. The van der Waals surface area contributed by atoms with Gasteiger partial charge in [-0.05, 0) is 23.6 Å². The Morgan fingerprint density at radius 3 is 2.80 bits per heavy atom. The van der Waals surface area contributed by atoms with Crippen LogP contribution < -0.4 is 11.3 Å². The van der Waals surface area contributed by atoms with Gasteiger partial charge in [-0.3, -0.25) is 4.79 Å². The summed E-state index contributed by atoms with van der Waals surface area (Å²) in [5.41, 5.74) is 7.05. The third-order valence-corrected chi connectivity index (χ3v) is 2.98. The molecular formula is C11H11BrN2O. The number of aryl methyl sites for hydroxylation is 1. The first-order valence-corrected chi connectivity index (χ1v) is 5.41. The van der Waals surface area contributed by atoms with Crippen molar-refractivity contribution in [3.8, 4) is 0 Å². The van der Waals surface area contributed by atoms with E-state index in [1.54, 1.807) is 11.6 Å². The highest BCUT2D eigenvalue weighted by molar-refractivity contribution is 9.10. The minimum atomic E-state index is -0.0249. The number of fused-ring (bicyclic) bond motifs is 1. The molecule has 0 amide bonds. The fourth-order valence-corrected chi connectivity index (χ4v) is 2.00. The highest BCUT2D eigenvalue weighted by Crippen LogP contribution is 2.18. The highest BCUT2D eigenvalue weighted by Gasteiger charge is 2.05. The van der Waals surface area contributed by atoms with Crippen molar-refractivity contribution in [1.82, 2.24) is 4.57 Å². The van der Waals surface area contributed by atoms with E-state index in [-0.39, 0.29) is 12.1 Å². The van der Waals surface area contributed by atoms with E-state index in [0.29, 0.717) is 5.56 Å². The molecule has 0 aliphatic heterocycles. The Balaban J connectivity index is 2.91. The van der Waals surface area contributed by atoms with Gasteiger partial charge in [-0.15, -0.1) is 0 Å². The van der Waals surface area contributed by atoms with Gasteiger partial charge < -0.3 is 10.3 Å². The molecule has 1 aromatic heterocycles. The highest BCUT2D eigenvalue weighted by atomic mass is 79.9. The zero-order valence-electron chi connectivity index (χ0n) is 8.33. The molecule has 15 heavy (non-hydrogen) atoms. The SMILES string of the molecule is Cn1c(=O)c(CN)cc2ccc(Br)cc21. The summed E-state index contributed by atoms with van der Waals surface area (Å²) in [6.07, 6.45) is 0. The zero-order valence-corrected chi connectivity index (χ0v) is 9.91. The van der Waals surface area contributed by atoms with Crippen LogP contribution in [0.5, 0.6) is 0 Å². The van der Waals surface area contributed by atoms with Gasteiger partial charge in [0.2, 0.25) is 0 Å². The lowest BCUT2D eigenvalue weighted by atomic mass is 10.1. The number of nitrogens with zero attached hydrogens (tertiary/aromatic N) is 1. The average molecular weight is 267 g/mol. The predicted molar refractivity (Wildman–Crippen MR) is 64.8 cm³/mol. The van der Waals surface area contributed by atoms with Gasteiger partial charge in [0.15, 0.2) is 0 Å². The van der Waals surface area contributed by atoms with Crippen LogP contribution in [0, 0.1) is 0 Å². The molecule has 0 spiro atoms. The first-order valence-electron chi connectivity index (χ1n) is 4.61. The fraction of sp³-hybridized carbons (Fsp3) is 0.182. The molecule has 2 aromatic rings. The quantitative estimate of drug-likeness (QED) is 0.855. The standard InChI is InChI=1S/C11H11BrN2O/c1-14-10-5-9(12)3-2-7(10)4-8(6-13)11(14)15/h2-5H,6,13H2,1H3. The Hall–Kier alpha value is -1.13. The Morgan fingerprint density at radius 1 is 1.40 bits per heavy atom. The molecule has 0 saturated heterocycles. The summed E-state index contributed by atoms with van der Waals surface area (Å²) in [5, 5.41) is 1.03. The van der Waals surface area contributed by atoms with Gasteiger partial charge in [-0.2, -0.15) is 0 Å². The van der Waals surface area contributed by atoms with E-state index in [9.17, 15) is 4.79 Å². The maximum atomic E-state index is 11.8. The molecule has 0 unspecified atom stereocenters. The van der Waals surface area contributed by atoms with Crippen LogP contribution in [-0.2, 0) is 13.6 Å². The zero-order chi connectivity index (χ0) is 11.0. The van der Waals surface area contributed by atoms with E-state index < -0.39 is 0 Å². The van der Waals surface area contributed by atoms with Crippen LogP contribution in [0.2, 0.25) is 0 Å².